The minimum Gasteiger partial charge on any atom is -0.456 e. The fraction of sp³-hybridized carbons (Fsp3) is 0.308. The lowest BCUT2D eigenvalue weighted by molar-refractivity contribution is -0.177. The summed E-state index contributed by atoms with van der Waals surface area (Å²) < 4.78 is 23.7. The molecule has 3 aliphatic heterocycles. The number of ether oxygens (including phenoxy) is 4. The molecule has 7 heteroatoms. The first-order valence-electron chi connectivity index (χ1n) is 10.9. The first-order chi connectivity index (χ1) is 16.1. The molecule has 2 aromatic rings. The van der Waals surface area contributed by atoms with Crippen molar-refractivity contribution in [3.63, 3.8) is 0 Å². The SMILES string of the molecule is O=C1C=C[C@@H]2O[C@H](c3ccccc3)[C@@H](O[C@H](c3ccccc3)[C@H](O)[C@H]3CC=CC(=O)O3)[C@@H]2O1. The van der Waals surface area contributed by atoms with Crippen molar-refractivity contribution in [1.82, 2.24) is 0 Å². The van der Waals surface area contributed by atoms with Crippen molar-refractivity contribution < 1.29 is 33.6 Å². The number of carbonyl (C=O) groups excluding carboxylic acids is 2. The van der Waals surface area contributed by atoms with E-state index in [1.807, 2.05) is 60.7 Å². The van der Waals surface area contributed by atoms with Crippen molar-refractivity contribution in [3.05, 3.63) is 96.1 Å². The number of aliphatic hydroxyl groups excluding tert-OH is 1. The van der Waals surface area contributed by atoms with Gasteiger partial charge in [0.05, 0.1) is 0 Å². The number of esters is 2. The van der Waals surface area contributed by atoms with E-state index in [1.54, 1.807) is 12.2 Å². The molecule has 3 heterocycles. The summed E-state index contributed by atoms with van der Waals surface area (Å²) >= 11 is 0. The Morgan fingerprint density at radius 1 is 0.909 bits per heavy atom. The minimum absolute atomic E-state index is 0.368. The Morgan fingerprint density at radius 3 is 2.33 bits per heavy atom. The van der Waals surface area contributed by atoms with Crippen LogP contribution in [0.5, 0.6) is 0 Å². The zero-order chi connectivity index (χ0) is 22.8. The molecule has 5 rings (SSSR count). The fourth-order valence-electron chi connectivity index (χ4n) is 4.49. The van der Waals surface area contributed by atoms with Crippen molar-refractivity contribution >= 4 is 11.9 Å². The number of aliphatic hydroxyl groups is 1. The maximum Gasteiger partial charge on any atom is 0.330 e. The number of hydrogen-bond donors (Lipinski definition) is 1. The summed E-state index contributed by atoms with van der Waals surface area (Å²) in [6, 6.07) is 18.8. The molecule has 1 saturated heterocycles. The van der Waals surface area contributed by atoms with Gasteiger partial charge in [-0.25, -0.2) is 9.59 Å². The van der Waals surface area contributed by atoms with Gasteiger partial charge in [0.15, 0.2) is 6.10 Å². The van der Waals surface area contributed by atoms with Crippen molar-refractivity contribution in [2.75, 3.05) is 0 Å². The lowest BCUT2D eigenvalue weighted by Crippen LogP contribution is -2.43. The summed E-state index contributed by atoms with van der Waals surface area (Å²) in [7, 11) is 0. The molecular weight excluding hydrogens is 424 g/mol. The molecule has 0 spiro atoms. The molecule has 0 aromatic heterocycles. The third-order valence-electron chi connectivity index (χ3n) is 6.06. The molecule has 0 saturated carbocycles. The summed E-state index contributed by atoms with van der Waals surface area (Å²) in [4.78, 5) is 23.8. The monoisotopic (exact) mass is 448 g/mol. The molecule has 0 unspecified atom stereocenters. The van der Waals surface area contributed by atoms with Gasteiger partial charge in [-0.3, -0.25) is 0 Å². The normalized spacial score (nSPS) is 30.3. The maximum absolute atomic E-state index is 12.0. The molecule has 7 atom stereocenters. The van der Waals surface area contributed by atoms with Crippen LogP contribution in [-0.2, 0) is 28.5 Å². The summed E-state index contributed by atoms with van der Waals surface area (Å²) in [5, 5.41) is 11.3. The highest BCUT2D eigenvalue weighted by atomic mass is 16.6. The van der Waals surface area contributed by atoms with E-state index in [1.165, 1.54) is 12.2 Å². The first kappa shape index (κ1) is 21.6. The minimum atomic E-state index is -1.15. The van der Waals surface area contributed by atoms with Crippen molar-refractivity contribution in [1.29, 1.82) is 0 Å². The average Bonchev–Trinajstić information content (AvgIpc) is 3.20. The van der Waals surface area contributed by atoms with Crippen molar-refractivity contribution in [2.45, 2.75) is 49.1 Å². The highest BCUT2D eigenvalue weighted by molar-refractivity contribution is 5.83. The molecule has 33 heavy (non-hydrogen) atoms. The van der Waals surface area contributed by atoms with E-state index in [4.69, 9.17) is 18.9 Å². The fourth-order valence-corrected chi connectivity index (χ4v) is 4.49. The summed E-state index contributed by atoms with van der Waals surface area (Å²) in [6.45, 7) is 0. The Hall–Kier alpha value is -3.26. The Morgan fingerprint density at radius 2 is 1.61 bits per heavy atom. The first-order valence-corrected chi connectivity index (χ1v) is 10.9. The maximum atomic E-state index is 12.0. The topological polar surface area (TPSA) is 91.3 Å². The van der Waals surface area contributed by atoms with Gasteiger partial charge in [-0.2, -0.15) is 0 Å². The van der Waals surface area contributed by atoms with Crippen LogP contribution in [-0.4, -0.2) is 47.6 Å². The average molecular weight is 448 g/mol. The van der Waals surface area contributed by atoms with E-state index < -0.39 is 54.7 Å². The van der Waals surface area contributed by atoms with Gasteiger partial charge in [0.25, 0.3) is 0 Å². The van der Waals surface area contributed by atoms with Gasteiger partial charge in [-0.15, -0.1) is 0 Å². The second-order valence-electron chi connectivity index (χ2n) is 8.23. The smallest absolute Gasteiger partial charge is 0.330 e. The second-order valence-corrected chi connectivity index (χ2v) is 8.23. The van der Waals surface area contributed by atoms with Gasteiger partial charge < -0.3 is 24.1 Å². The second kappa shape index (κ2) is 9.31. The number of carbonyl (C=O) groups is 2. The number of cyclic esters (lactones) is 1. The molecule has 0 bridgehead atoms. The van der Waals surface area contributed by atoms with Crippen LogP contribution in [0, 0.1) is 0 Å². The molecule has 3 aliphatic rings. The van der Waals surface area contributed by atoms with E-state index in [0.717, 1.165) is 5.56 Å². The van der Waals surface area contributed by atoms with Gasteiger partial charge in [0.2, 0.25) is 0 Å². The molecule has 0 radical (unpaired) electrons. The summed E-state index contributed by atoms with van der Waals surface area (Å²) in [6.07, 6.45) is 1.28. The van der Waals surface area contributed by atoms with Gasteiger partial charge in [-0.05, 0) is 17.2 Å². The van der Waals surface area contributed by atoms with Crippen LogP contribution in [0.3, 0.4) is 0 Å². The lowest BCUT2D eigenvalue weighted by Gasteiger charge is -2.34. The van der Waals surface area contributed by atoms with E-state index in [2.05, 4.69) is 0 Å². The number of rotatable bonds is 6. The van der Waals surface area contributed by atoms with E-state index in [9.17, 15) is 14.7 Å². The van der Waals surface area contributed by atoms with Gasteiger partial charge >= 0.3 is 11.9 Å². The Kier molecular flexibility index (Phi) is 6.09. The molecular formula is C26H24O7. The van der Waals surface area contributed by atoms with Gasteiger partial charge in [0, 0.05) is 18.6 Å². The Balaban J connectivity index is 1.49. The lowest BCUT2D eigenvalue weighted by atomic mass is 9.95. The number of hydrogen-bond acceptors (Lipinski definition) is 7. The van der Waals surface area contributed by atoms with Crippen LogP contribution in [0.1, 0.15) is 29.8 Å². The molecule has 0 aliphatic carbocycles. The van der Waals surface area contributed by atoms with Gasteiger partial charge in [-0.1, -0.05) is 66.7 Å². The summed E-state index contributed by atoms with van der Waals surface area (Å²) in [5.41, 5.74) is 1.58. The Labute approximate surface area is 191 Å². The Bertz CT molecular complexity index is 1050. The zero-order valence-corrected chi connectivity index (χ0v) is 17.7. The predicted molar refractivity (Wildman–Crippen MR) is 117 cm³/mol. The van der Waals surface area contributed by atoms with Crippen molar-refractivity contribution in [3.8, 4) is 0 Å². The molecule has 1 N–H and O–H groups in total. The highest BCUT2D eigenvalue weighted by Crippen LogP contribution is 2.42. The van der Waals surface area contributed by atoms with E-state index in [0.29, 0.717) is 12.0 Å². The molecule has 0 amide bonds. The van der Waals surface area contributed by atoms with Crippen LogP contribution >= 0.6 is 0 Å². The number of benzene rings is 2. The number of fused-ring (bicyclic) bond motifs is 1. The molecule has 170 valence electrons. The summed E-state index contributed by atoms with van der Waals surface area (Å²) in [5.74, 6) is -0.972. The van der Waals surface area contributed by atoms with Crippen molar-refractivity contribution in [2.24, 2.45) is 0 Å². The van der Waals surface area contributed by atoms with Crippen LogP contribution < -0.4 is 0 Å². The molecule has 1 fully saturated rings. The third-order valence-corrected chi connectivity index (χ3v) is 6.06. The third kappa shape index (κ3) is 4.48. The molecule has 7 nitrogen and oxygen atoms in total. The van der Waals surface area contributed by atoms with E-state index >= 15 is 0 Å². The van der Waals surface area contributed by atoms with Crippen LogP contribution in [0.4, 0.5) is 0 Å². The van der Waals surface area contributed by atoms with Crippen LogP contribution in [0.2, 0.25) is 0 Å². The quantitative estimate of drug-likeness (QED) is 0.680. The standard InChI is InChI=1S/C26H24O7/c27-20-13-7-12-18(30-20)22(29)23(16-8-3-1-4-9-16)33-26-24(17-10-5-2-6-11-17)31-19-14-15-21(28)32-25(19)26/h1-11,13-15,18-19,22-26,29H,12H2/t18-,19+,22-,23-,24-,25-,26-/m1/s1. The predicted octanol–water partition coefficient (Wildman–Crippen LogP) is 2.97. The highest BCUT2D eigenvalue weighted by Gasteiger charge is 2.50. The molecule has 2 aromatic carbocycles. The van der Waals surface area contributed by atoms with E-state index in [-0.39, 0.29) is 0 Å². The zero-order valence-electron chi connectivity index (χ0n) is 17.7. The van der Waals surface area contributed by atoms with Crippen LogP contribution in [0.25, 0.3) is 0 Å². The van der Waals surface area contributed by atoms with Gasteiger partial charge in [0.1, 0.15) is 36.6 Å². The largest absolute Gasteiger partial charge is 0.456 e. The van der Waals surface area contributed by atoms with Crippen LogP contribution in [0.15, 0.2) is 85.0 Å².